The summed E-state index contributed by atoms with van der Waals surface area (Å²) in [5.41, 5.74) is 2.24. The SMILES string of the molecule is CCOC(=O)C(F)(F)CC(CCC1=CC[C@@H]2CC1C2(C)C)C1=C(C(=O)O)CC(C)(C)CC1. The van der Waals surface area contributed by atoms with Crippen molar-refractivity contribution in [2.45, 2.75) is 91.9 Å². The second kappa shape index (κ2) is 8.90. The van der Waals surface area contributed by atoms with Crippen molar-refractivity contribution in [3.05, 3.63) is 22.8 Å². The zero-order valence-electron chi connectivity index (χ0n) is 20.1. The van der Waals surface area contributed by atoms with Gasteiger partial charge in [-0.25, -0.2) is 9.59 Å². The molecule has 0 amide bonds. The van der Waals surface area contributed by atoms with Gasteiger partial charge in [-0.05, 0) is 80.5 Å². The van der Waals surface area contributed by atoms with Gasteiger partial charge in [-0.3, -0.25) is 0 Å². The van der Waals surface area contributed by atoms with Crippen molar-refractivity contribution in [1.82, 2.24) is 0 Å². The van der Waals surface area contributed by atoms with E-state index in [9.17, 15) is 23.5 Å². The number of rotatable bonds is 9. The number of allylic oxidation sites excluding steroid dienone is 3. The molecule has 0 aromatic rings. The van der Waals surface area contributed by atoms with E-state index >= 15 is 0 Å². The van der Waals surface area contributed by atoms with Crippen molar-refractivity contribution < 1.29 is 28.2 Å². The van der Waals surface area contributed by atoms with Crippen LogP contribution in [-0.4, -0.2) is 29.6 Å². The van der Waals surface area contributed by atoms with Gasteiger partial charge in [0.15, 0.2) is 0 Å². The molecule has 2 unspecified atom stereocenters. The number of carbonyl (C=O) groups excluding carboxylic acids is 1. The summed E-state index contributed by atoms with van der Waals surface area (Å²) in [6.07, 6.45) is 6.45. The average Bonchev–Trinajstić information content (AvgIpc) is 2.70. The lowest BCUT2D eigenvalue weighted by Gasteiger charge is -2.56. The Balaban J connectivity index is 1.87. The molecule has 3 atom stereocenters. The Labute approximate surface area is 190 Å². The van der Waals surface area contributed by atoms with E-state index in [2.05, 4.69) is 24.7 Å². The van der Waals surface area contributed by atoms with Crippen LogP contribution in [0.3, 0.4) is 0 Å². The van der Waals surface area contributed by atoms with Crippen LogP contribution in [0.2, 0.25) is 0 Å². The van der Waals surface area contributed by atoms with Crippen LogP contribution < -0.4 is 0 Å². The standard InChI is InChI=1S/C26H38F2O4/c1-6-32-23(31)26(27,28)14-17(19-11-12-24(2,3)15-20(19)22(29)30)8-7-16-9-10-18-13-21(16)25(18,4)5/h9,17-18,21H,6-8,10-15H2,1-5H3,(H,29,30)/t17?,18-,21?/m1/s1. The number of carbonyl (C=O) groups is 2. The van der Waals surface area contributed by atoms with E-state index in [-0.39, 0.29) is 23.0 Å². The summed E-state index contributed by atoms with van der Waals surface area (Å²) in [4.78, 5) is 24.0. The maximum Gasteiger partial charge on any atom is 0.376 e. The topological polar surface area (TPSA) is 63.6 Å². The summed E-state index contributed by atoms with van der Waals surface area (Å²) in [6.45, 7) is 9.97. The quantitative estimate of drug-likeness (QED) is 0.318. The summed E-state index contributed by atoms with van der Waals surface area (Å²) in [7, 11) is 0. The minimum Gasteiger partial charge on any atom is -0.478 e. The van der Waals surface area contributed by atoms with Gasteiger partial charge >= 0.3 is 17.9 Å². The van der Waals surface area contributed by atoms with Crippen LogP contribution in [-0.2, 0) is 14.3 Å². The Kier molecular flexibility index (Phi) is 6.93. The average molecular weight is 453 g/mol. The molecule has 4 aliphatic carbocycles. The first-order valence-electron chi connectivity index (χ1n) is 12.0. The van der Waals surface area contributed by atoms with Crippen molar-refractivity contribution in [3.63, 3.8) is 0 Å². The molecule has 1 saturated carbocycles. The first kappa shape index (κ1) is 24.9. The van der Waals surface area contributed by atoms with Gasteiger partial charge in [-0.15, -0.1) is 0 Å². The number of carboxylic acid groups (broad SMARTS) is 1. The molecule has 0 aliphatic heterocycles. The van der Waals surface area contributed by atoms with Gasteiger partial charge in [0.25, 0.3) is 0 Å². The van der Waals surface area contributed by atoms with Gasteiger partial charge < -0.3 is 9.84 Å². The molecule has 0 aromatic heterocycles. The third-order valence-electron chi connectivity index (χ3n) is 8.31. The number of hydrogen-bond acceptors (Lipinski definition) is 3. The fourth-order valence-corrected chi connectivity index (χ4v) is 6.10. The van der Waals surface area contributed by atoms with Crippen LogP contribution in [0.25, 0.3) is 0 Å². The largest absolute Gasteiger partial charge is 0.478 e. The fourth-order valence-electron chi connectivity index (χ4n) is 6.10. The highest BCUT2D eigenvalue weighted by atomic mass is 19.3. The normalized spacial score (nSPS) is 27.3. The van der Waals surface area contributed by atoms with E-state index in [1.165, 1.54) is 12.5 Å². The first-order chi connectivity index (χ1) is 14.8. The number of hydrogen-bond donors (Lipinski definition) is 1. The van der Waals surface area contributed by atoms with Crippen molar-refractivity contribution in [2.75, 3.05) is 6.61 Å². The molecule has 0 aromatic carbocycles. The fraction of sp³-hybridized carbons (Fsp3) is 0.769. The lowest BCUT2D eigenvalue weighted by Crippen LogP contribution is -2.48. The third kappa shape index (κ3) is 4.94. The molecule has 4 nitrogen and oxygen atoms in total. The molecule has 4 rings (SSSR count). The number of carboxylic acids is 1. The molecule has 180 valence electrons. The van der Waals surface area contributed by atoms with Gasteiger partial charge in [-0.2, -0.15) is 8.78 Å². The number of alkyl halides is 2. The Hall–Kier alpha value is -1.72. The Bertz CT molecular complexity index is 822. The molecule has 32 heavy (non-hydrogen) atoms. The van der Waals surface area contributed by atoms with Gasteiger partial charge in [-0.1, -0.05) is 44.9 Å². The lowest BCUT2D eigenvalue weighted by molar-refractivity contribution is -0.173. The monoisotopic (exact) mass is 452 g/mol. The summed E-state index contributed by atoms with van der Waals surface area (Å²) in [5.74, 6) is -5.66. The van der Waals surface area contributed by atoms with Crippen LogP contribution in [0.4, 0.5) is 8.78 Å². The highest BCUT2D eigenvalue weighted by Crippen LogP contribution is 2.60. The molecular formula is C26H38F2O4. The number of aliphatic carboxylic acids is 1. The van der Waals surface area contributed by atoms with Crippen molar-refractivity contribution >= 4 is 11.9 Å². The highest BCUT2D eigenvalue weighted by Gasteiger charge is 2.51. The van der Waals surface area contributed by atoms with Crippen LogP contribution >= 0.6 is 0 Å². The molecular weight excluding hydrogens is 414 g/mol. The van der Waals surface area contributed by atoms with E-state index in [0.29, 0.717) is 43.1 Å². The third-order valence-corrected chi connectivity index (χ3v) is 8.31. The summed E-state index contributed by atoms with van der Waals surface area (Å²) < 4.78 is 34.2. The lowest BCUT2D eigenvalue weighted by atomic mass is 9.48. The smallest absolute Gasteiger partial charge is 0.376 e. The van der Waals surface area contributed by atoms with Gasteiger partial charge in [0.05, 0.1) is 6.61 Å². The van der Waals surface area contributed by atoms with Crippen LogP contribution in [0.15, 0.2) is 22.8 Å². The predicted octanol–water partition coefficient (Wildman–Crippen LogP) is 6.56. The number of ether oxygens (including phenoxy) is 1. The van der Waals surface area contributed by atoms with Crippen LogP contribution in [0.5, 0.6) is 0 Å². The second-order valence-corrected chi connectivity index (χ2v) is 11.3. The minimum atomic E-state index is -3.63. The molecule has 0 heterocycles. The minimum absolute atomic E-state index is 0.110. The Morgan fingerprint density at radius 1 is 1.28 bits per heavy atom. The molecule has 0 saturated heterocycles. The van der Waals surface area contributed by atoms with E-state index in [1.807, 2.05) is 13.8 Å². The Morgan fingerprint density at radius 3 is 2.53 bits per heavy atom. The van der Waals surface area contributed by atoms with E-state index in [1.54, 1.807) is 0 Å². The zero-order valence-corrected chi connectivity index (χ0v) is 20.1. The molecule has 1 N–H and O–H groups in total. The summed E-state index contributed by atoms with van der Waals surface area (Å²) in [5, 5.41) is 9.87. The highest BCUT2D eigenvalue weighted by molar-refractivity contribution is 5.88. The number of halogens is 2. The summed E-state index contributed by atoms with van der Waals surface area (Å²) >= 11 is 0. The number of fused-ring (bicyclic) bond motifs is 1. The van der Waals surface area contributed by atoms with E-state index in [4.69, 9.17) is 0 Å². The van der Waals surface area contributed by atoms with E-state index < -0.39 is 30.2 Å². The van der Waals surface area contributed by atoms with Crippen molar-refractivity contribution in [2.24, 2.45) is 28.6 Å². The maximum atomic E-state index is 14.8. The van der Waals surface area contributed by atoms with Gasteiger partial charge in [0, 0.05) is 12.0 Å². The molecule has 0 radical (unpaired) electrons. The predicted molar refractivity (Wildman–Crippen MR) is 119 cm³/mol. The second-order valence-electron chi connectivity index (χ2n) is 11.3. The van der Waals surface area contributed by atoms with Gasteiger partial charge in [0.2, 0.25) is 0 Å². The maximum absolute atomic E-state index is 14.8. The Morgan fingerprint density at radius 2 is 1.97 bits per heavy atom. The zero-order chi connectivity index (χ0) is 23.9. The molecule has 2 bridgehead atoms. The van der Waals surface area contributed by atoms with Crippen LogP contribution in [0, 0.1) is 28.6 Å². The molecule has 1 fully saturated rings. The van der Waals surface area contributed by atoms with Crippen LogP contribution in [0.1, 0.15) is 86.0 Å². The molecule has 4 aliphatic rings. The van der Waals surface area contributed by atoms with Crippen molar-refractivity contribution in [3.8, 4) is 0 Å². The summed E-state index contributed by atoms with van der Waals surface area (Å²) in [6, 6.07) is 0. The van der Waals surface area contributed by atoms with Gasteiger partial charge in [0.1, 0.15) is 0 Å². The molecule has 0 spiro atoms. The molecule has 6 heteroatoms. The number of esters is 1. The van der Waals surface area contributed by atoms with Crippen molar-refractivity contribution in [1.29, 1.82) is 0 Å². The van der Waals surface area contributed by atoms with E-state index in [0.717, 1.165) is 19.3 Å². The first-order valence-corrected chi connectivity index (χ1v) is 12.0.